The second-order valence-corrected chi connectivity index (χ2v) is 5.31. The smallest absolute Gasteiger partial charge is 0.0752 e. The zero-order valence-electron chi connectivity index (χ0n) is 8.17. The molecule has 4 atom stereocenters. The number of nitrogens with two attached hydrogens (primary N) is 1. The first-order chi connectivity index (χ1) is 5.41. The molecule has 2 rings (SSSR count). The first-order valence-corrected chi connectivity index (χ1v) is 4.85. The van der Waals surface area contributed by atoms with Crippen LogP contribution in [0.3, 0.4) is 0 Å². The van der Waals surface area contributed by atoms with Gasteiger partial charge in [-0.1, -0.05) is 20.8 Å². The standard InChI is InChI=1S/C10H19NO/c1-9(2)6-4-5-10(9,3)8(12)7(6)11/h6-8,12H,4-5,11H2,1-3H3/t6-,7?,8-,10-/m1/s1. The van der Waals surface area contributed by atoms with Gasteiger partial charge in [-0.05, 0) is 24.2 Å². The Hall–Kier alpha value is -0.0800. The SMILES string of the molecule is CC1(C)[C@@H]2CC[C@]1(C)[C@H](O)C2N. The summed E-state index contributed by atoms with van der Waals surface area (Å²) in [5.74, 6) is 0.525. The fourth-order valence-corrected chi connectivity index (χ4v) is 3.41. The molecule has 0 radical (unpaired) electrons. The van der Waals surface area contributed by atoms with E-state index in [1.165, 1.54) is 6.42 Å². The normalized spacial score (nSPS) is 56.2. The van der Waals surface area contributed by atoms with Crippen molar-refractivity contribution in [2.45, 2.75) is 45.8 Å². The Kier molecular flexibility index (Phi) is 1.45. The molecule has 2 fully saturated rings. The van der Waals surface area contributed by atoms with Gasteiger partial charge in [-0.25, -0.2) is 0 Å². The highest BCUT2D eigenvalue weighted by Gasteiger charge is 2.64. The minimum Gasteiger partial charge on any atom is -0.391 e. The van der Waals surface area contributed by atoms with Gasteiger partial charge < -0.3 is 10.8 Å². The fourth-order valence-electron chi connectivity index (χ4n) is 3.41. The van der Waals surface area contributed by atoms with Crippen LogP contribution in [0.2, 0.25) is 0 Å². The molecule has 2 saturated carbocycles. The quantitative estimate of drug-likeness (QED) is 0.571. The van der Waals surface area contributed by atoms with Crippen LogP contribution in [0.1, 0.15) is 33.6 Å². The zero-order valence-corrected chi connectivity index (χ0v) is 8.17. The van der Waals surface area contributed by atoms with Crippen molar-refractivity contribution in [1.29, 1.82) is 0 Å². The number of hydrogen-bond donors (Lipinski definition) is 2. The fraction of sp³-hybridized carbons (Fsp3) is 1.00. The van der Waals surface area contributed by atoms with Crippen molar-refractivity contribution in [3.05, 3.63) is 0 Å². The average molecular weight is 169 g/mol. The minimum atomic E-state index is -0.286. The monoisotopic (exact) mass is 169 g/mol. The largest absolute Gasteiger partial charge is 0.391 e. The molecular weight excluding hydrogens is 150 g/mol. The van der Waals surface area contributed by atoms with E-state index >= 15 is 0 Å². The van der Waals surface area contributed by atoms with Crippen molar-refractivity contribution < 1.29 is 5.11 Å². The molecule has 3 N–H and O–H groups in total. The van der Waals surface area contributed by atoms with Crippen molar-refractivity contribution in [2.75, 3.05) is 0 Å². The van der Waals surface area contributed by atoms with Gasteiger partial charge in [-0.3, -0.25) is 0 Å². The summed E-state index contributed by atoms with van der Waals surface area (Å²) in [6.07, 6.45) is 2.05. The zero-order chi connectivity index (χ0) is 9.15. The Bertz CT molecular complexity index is 214. The molecule has 2 aliphatic rings. The Balaban J connectivity index is 2.44. The van der Waals surface area contributed by atoms with Crippen LogP contribution in [-0.4, -0.2) is 17.3 Å². The molecule has 0 spiro atoms. The van der Waals surface area contributed by atoms with Gasteiger partial charge >= 0.3 is 0 Å². The molecule has 0 amide bonds. The molecule has 2 bridgehead atoms. The molecule has 2 aliphatic carbocycles. The molecule has 0 saturated heterocycles. The van der Waals surface area contributed by atoms with Gasteiger partial charge in [0.05, 0.1) is 6.10 Å². The number of aliphatic hydroxyl groups excluding tert-OH is 1. The number of hydrogen-bond acceptors (Lipinski definition) is 2. The highest BCUT2D eigenvalue weighted by molar-refractivity contribution is 5.16. The summed E-state index contributed by atoms with van der Waals surface area (Å²) in [5.41, 5.74) is 6.27. The second-order valence-electron chi connectivity index (χ2n) is 5.31. The van der Waals surface area contributed by atoms with E-state index < -0.39 is 0 Å². The number of rotatable bonds is 0. The topological polar surface area (TPSA) is 46.2 Å². The lowest BCUT2D eigenvalue weighted by Crippen LogP contribution is -2.43. The molecule has 12 heavy (non-hydrogen) atoms. The molecule has 1 unspecified atom stereocenters. The Morgan fingerprint density at radius 1 is 1.33 bits per heavy atom. The number of fused-ring (bicyclic) bond motifs is 2. The van der Waals surface area contributed by atoms with E-state index in [2.05, 4.69) is 20.8 Å². The summed E-state index contributed by atoms with van der Waals surface area (Å²) in [6, 6.07) is 0.0127. The lowest BCUT2D eigenvalue weighted by atomic mass is 9.70. The summed E-state index contributed by atoms with van der Waals surface area (Å²) in [4.78, 5) is 0. The van der Waals surface area contributed by atoms with Gasteiger partial charge in [-0.15, -0.1) is 0 Å². The van der Waals surface area contributed by atoms with E-state index in [1.807, 2.05) is 0 Å². The Labute approximate surface area is 74.1 Å². The molecule has 0 heterocycles. The highest BCUT2D eigenvalue weighted by atomic mass is 16.3. The molecule has 0 aromatic carbocycles. The van der Waals surface area contributed by atoms with Crippen LogP contribution < -0.4 is 5.73 Å². The number of aliphatic hydroxyl groups is 1. The molecule has 2 nitrogen and oxygen atoms in total. The summed E-state index contributed by atoms with van der Waals surface area (Å²) >= 11 is 0. The molecule has 0 aromatic heterocycles. The van der Waals surface area contributed by atoms with Crippen molar-refractivity contribution in [1.82, 2.24) is 0 Å². The molecular formula is C10H19NO. The van der Waals surface area contributed by atoms with E-state index in [1.54, 1.807) is 0 Å². The summed E-state index contributed by atoms with van der Waals surface area (Å²) in [5, 5.41) is 9.96. The van der Waals surface area contributed by atoms with Gasteiger partial charge in [0.15, 0.2) is 0 Å². The third-order valence-corrected chi connectivity index (χ3v) is 4.86. The van der Waals surface area contributed by atoms with Crippen molar-refractivity contribution in [3.63, 3.8) is 0 Å². The van der Waals surface area contributed by atoms with Crippen molar-refractivity contribution in [2.24, 2.45) is 22.5 Å². The highest BCUT2D eigenvalue weighted by Crippen LogP contribution is 2.64. The predicted molar refractivity (Wildman–Crippen MR) is 48.6 cm³/mol. The van der Waals surface area contributed by atoms with Crippen molar-refractivity contribution >= 4 is 0 Å². The van der Waals surface area contributed by atoms with Crippen LogP contribution in [0.25, 0.3) is 0 Å². The van der Waals surface area contributed by atoms with Crippen LogP contribution in [0.15, 0.2) is 0 Å². The summed E-state index contributed by atoms with van der Waals surface area (Å²) in [7, 11) is 0. The maximum absolute atomic E-state index is 9.96. The van der Waals surface area contributed by atoms with Crippen LogP contribution in [0, 0.1) is 16.7 Å². The van der Waals surface area contributed by atoms with Crippen LogP contribution in [0.4, 0.5) is 0 Å². The first kappa shape index (κ1) is 8.52. The second kappa shape index (κ2) is 2.05. The summed E-state index contributed by atoms with van der Waals surface area (Å²) < 4.78 is 0. The maximum atomic E-state index is 9.96. The lowest BCUT2D eigenvalue weighted by molar-refractivity contribution is 0.00582. The van der Waals surface area contributed by atoms with Gasteiger partial charge in [0, 0.05) is 11.5 Å². The van der Waals surface area contributed by atoms with E-state index in [0.29, 0.717) is 5.92 Å². The van der Waals surface area contributed by atoms with E-state index in [0.717, 1.165) is 6.42 Å². The van der Waals surface area contributed by atoms with E-state index in [-0.39, 0.29) is 23.0 Å². The third kappa shape index (κ3) is 0.647. The average Bonchev–Trinajstić information content (AvgIpc) is 2.26. The predicted octanol–water partition coefficient (Wildman–Crippen LogP) is 1.13. The minimum absolute atomic E-state index is 0.0127. The van der Waals surface area contributed by atoms with E-state index in [9.17, 15) is 5.11 Å². The van der Waals surface area contributed by atoms with E-state index in [4.69, 9.17) is 5.73 Å². The lowest BCUT2D eigenvalue weighted by Gasteiger charge is -2.36. The summed E-state index contributed by atoms with van der Waals surface area (Å²) in [6.45, 7) is 6.69. The van der Waals surface area contributed by atoms with Crippen LogP contribution in [0.5, 0.6) is 0 Å². The third-order valence-electron chi connectivity index (χ3n) is 4.86. The maximum Gasteiger partial charge on any atom is 0.0752 e. The molecule has 70 valence electrons. The van der Waals surface area contributed by atoms with Gasteiger partial charge in [0.25, 0.3) is 0 Å². The molecule has 2 heteroatoms. The van der Waals surface area contributed by atoms with Gasteiger partial charge in [0.2, 0.25) is 0 Å². The van der Waals surface area contributed by atoms with Crippen LogP contribution >= 0.6 is 0 Å². The van der Waals surface area contributed by atoms with Crippen molar-refractivity contribution in [3.8, 4) is 0 Å². The Morgan fingerprint density at radius 2 is 1.92 bits per heavy atom. The molecule has 0 aliphatic heterocycles. The molecule has 0 aromatic rings. The van der Waals surface area contributed by atoms with Gasteiger partial charge in [0.1, 0.15) is 0 Å². The Morgan fingerprint density at radius 3 is 2.17 bits per heavy atom. The van der Waals surface area contributed by atoms with Crippen LogP contribution in [-0.2, 0) is 0 Å². The first-order valence-electron chi connectivity index (χ1n) is 4.85. The van der Waals surface area contributed by atoms with Gasteiger partial charge in [-0.2, -0.15) is 0 Å².